The number of allylic oxidation sites excluding steroid dienone is 1. The Kier molecular flexibility index (Phi) is 7.88. The summed E-state index contributed by atoms with van der Waals surface area (Å²) < 4.78 is 35.9. The summed E-state index contributed by atoms with van der Waals surface area (Å²) in [6, 6.07) is 13.3. The number of anilines is 1. The standard InChI is InChI=1S/C27H30N6O5S/c1-17-5-10-22(11-6-17)39(36,37)31-26-12-9-21(15-33(26)16-25(28)34)38-20-8-7-18(2)23(14-20)29-27(35)24-13-19(3)30-32(24)4/h5-15,26,31H,16H2,1-4H3,(H2,28,34)(H,29,35). The van der Waals surface area contributed by atoms with Gasteiger partial charge in [0, 0.05) is 25.0 Å². The van der Waals surface area contributed by atoms with Crippen LogP contribution in [0, 0.1) is 20.8 Å². The third-order valence-corrected chi connectivity index (χ3v) is 7.41. The van der Waals surface area contributed by atoms with Gasteiger partial charge in [-0.3, -0.25) is 14.3 Å². The molecule has 204 valence electrons. The van der Waals surface area contributed by atoms with Crippen LogP contribution >= 0.6 is 0 Å². The van der Waals surface area contributed by atoms with Crippen molar-refractivity contribution in [2.45, 2.75) is 31.8 Å². The van der Waals surface area contributed by atoms with Crippen molar-refractivity contribution in [1.82, 2.24) is 19.4 Å². The first kappa shape index (κ1) is 27.6. The molecule has 4 N–H and O–H groups in total. The van der Waals surface area contributed by atoms with Crippen LogP contribution in [0.5, 0.6) is 5.75 Å². The van der Waals surface area contributed by atoms with E-state index in [1.54, 1.807) is 62.5 Å². The number of sulfonamides is 1. The molecule has 2 aromatic carbocycles. The smallest absolute Gasteiger partial charge is 0.273 e. The van der Waals surface area contributed by atoms with Crippen LogP contribution in [0.1, 0.15) is 27.3 Å². The molecule has 1 aliphatic rings. The molecule has 0 fully saturated rings. The van der Waals surface area contributed by atoms with E-state index in [2.05, 4.69) is 15.1 Å². The average molecular weight is 551 g/mol. The topological polar surface area (TPSA) is 149 Å². The number of primary amides is 1. The number of carbonyl (C=O) groups is 2. The maximum Gasteiger partial charge on any atom is 0.273 e. The zero-order valence-electron chi connectivity index (χ0n) is 22.0. The maximum absolute atomic E-state index is 12.9. The van der Waals surface area contributed by atoms with E-state index in [1.807, 2.05) is 13.8 Å². The number of aryl methyl sites for hydroxylation is 4. The normalized spacial score (nSPS) is 15.1. The van der Waals surface area contributed by atoms with Gasteiger partial charge in [-0.25, -0.2) is 8.42 Å². The number of rotatable bonds is 9. The minimum Gasteiger partial charge on any atom is -0.456 e. The van der Waals surface area contributed by atoms with E-state index in [4.69, 9.17) is 10.5 Å². The van der Waals surface area contributed by atoms with Crippen LogP contribution in [0.15, 0.2) is 77.5 Å². The Bertz CT molecular complexity index is 1570. The van der Waals surface area contributed by atoms with Crippen molar-refractivity contribution in [3.05, 3.63) is 95.2 Å². The largest absolute Gasteiger partial charge is 0.456 e. The monoisotopic (exact) mass is 550 g/mol. The molecule has 1 atom stereocenters. The van der Waals surface area contributed by atoms with Crippen LogP contribution in [0.2, 0.25) is 0 Å². The summed E-state index contributed by atoms with van der Waals surface area (Å²) in [5, 5.41) is 7.08. The first-order valence-corrected chi connectivity index (χ1v) is 13.5. The molecular weight excluding hydrogens is 520 g/mol. The molecule has 2 amide bonds. The summed E-state index contributed by atoms with van der Waals surface area (Å²) in [6.07, 6.45) is 3.79. The van der Waals surface area contributed by atoms with Gasteiger partial charge < -0.3 is 20.7 Å². The highest BCUT2D eigenvalue weighted by molar-refractivity contribution is 7.89. The van der Waals surface area contributed by atoms with Gasteiger partial charge in [-0.1, -0.05) is 23.8 Å². The summed E-state index contributed by atoms with van der Waals surface area (Å²) in [4.78, 5) is 26.1. The summed E-state index contributed by atoms with van der Waals surface area (Å²) in [5.41, 5.74) is 8.86. The van der Waals surface area contributed by atoms with Crippen molar-refractivity contribution in [1.29, 1.82) is 0 Å². The van der Waals surface area contributed by atoms with E-state index in [1.165, 1.54) is 27.9 Å². The second-order valence-electron chi connectivity index (χ2n) is 9.24. The maximum atomic E-state index is 12.9. The number of ether oxygens (including phenoxy) is 1. The second-order valence-corrected chi connectivity index (χ2v) is 10.9. The first-order valence-electron chi connectivity index (χ1n) is 12.0. The summed E-state index contributed by atoms with van der Waals surface area (Å²) in [7, 11) is -2.18. The molecule has 0 saturated carbocycles. The van der Waals surface area contributed by atoms with E-state index >= 15 is 0 Å². The summed E-state index contributed by atoms with van der Waals surface area (Å²) in [5.74, 6) is -0.200. The molecule has 4 rings (SSSR count). The molecule has 0 saturated heterocycles. The molecule has 0 radical (unpaired) electrons. The lowest BCUT2D eigenvalue weighted by molar-refractivity contribution is -0.118. The number of nitrogens with one attached hydrogen (secondary N) is 2. The van der Waals surface area contributed by atoms with Crippen LogP contribution in [0.3, 0.4) is 0 Å². The first-order chi connectivity index (χ1) is 18.4. The number of carbonyl (C=O) groups excluding carboxylic acids is 2. The Labute approximate surface area is 227 Å². The van der Waals surface area contributed by atoms with Crippen molar-refractivity contribution in [2.24, 2.45) is 12.8 Å². The van der Waals surface area contributed by atoms with Crippen LogP contribution in [0.25, 0.3) is 0 Å². The Morgan fingerprint density at radius 1 is 1.08 bits per heavy atom. The van der Waals surface area contributed by atoms with Gasteiger partial charge in [0.05, 0.1) is 17.1 Å². The molecule has 3 aromatic rings. The molecule has 1 aliphatic heterocycles. The number of hydrogen-bond donors (Lipinski definition) is 3. The zero-order valence-corrected chi connectivity index (χ0v) is 22.8. The molecule has 39 heavy (non-hydrogen) atoms. The van der Waals surface area contributed by atoms with Gasteiger partial charge in [0.1, 0.15) is 23.4 Å². The Morgan fingerprint density at radius 3 is 2.44 bits per heavy atom. The second kappa shape index (κ2) is 11.1. The van der Waals surface area contributed by atoms with Gasteiger partial charge in [0.25, 0.3) is 5.91 Å². The predicted molar refractivity (Wildman–Crippen MR) is 146 cm³/mol. The fourth-order valence-corrected chi connectivity index (χ4v) is 5.13. The molecule has 2 heterocycles. The lowest BCUT2D eigenvalue weighted by Gasteiger charge is -2.31. The van der Waals surface area contributed by atoms with Crippen LogP contribution in [-0.4, -0.2) is 47.6 Å². The highest BCUT2D eigenvalue weighted by Crippen LogP contribution is 2.26. The summed E-state index contributed by atoms with van der Waals surface area (Å²) in [6.45, 7) is 5.27. The van der Waals surface area contributed by atoms with Crippen molar-refractivity contribution < 1.29 is 22.7 Å². The SMILES string of the molecule is Cc1ccc(S(=O)(=O)NC2C=CC(Oc3ccc(C)c(NC(=O)c4cc(C)nn4C)c3)=CN2CC(N)=O)cc1. The predicted octanol–water partition coefficient (Wildman–Crippen LogP) is 2.48. The lowest BCUT2D eigenvalue weighted by Crippen LogP contribution is -2.48. The zero-order chi connectivity index (χ0) is 28.3. The lowest BCUT2D eigenvalue weighted by atomic mass is 10.2. The van der Waals surface area contributed by atoms with Crippen molar-refractivity contribution >= 4 is 27.5 Å². The number of nitrogens with zero attached hydrogens (tertiary/aromatic N) is 3. The quantitative estimate of drug-likeness (QED) is 0.371. The number of benzene rings is 2. The third kappa shape index (κ3) is 6.72. The molecule has 1 aromatic heterocycles. The number of amides is 2. The van der Waals surface area contributed by atoms with Crippen LogP contribution in [-0.2, 0) is 21.9 Å². The molecule has 0 aliphatic carbocycles. The minimum absolute atomic E-state index is 0.0991. The van der Waals surface area contributed by atoms with E-state index in [-0.39, 0.29) is 17.3 Å². The van der Waals surface area contributed by atoms with E-state index < -0.39 is 22.1 Å². The molecule has 0 spiro atoms. The third-order valence-electron chi connectivity index (χ3n) is 5.97. The number of nitrogens with two attached hydrogens (primary N) is 1. The van der Waals surface area contributed by atoms with E-state index in [0.29, 0.717) is 22.9 Å². The molecular formula is C27H30N6O5S. The van der Waals surface area contributed by atoms with Crippen molar-refractivity contribution in [3.63, 3.8) is 0 Å². The van der Waals surface area contributed by atoms with Gasteiger partial charge in [-0.15, -0.1) is 0 Å². The Morgan fingerprint density at radius 2 is 1.79 bits per heavy atom. The Hall–Kier alpha value is -4.42. The highest BCUT2D eigenvalue weighted by Gasteiger charge is 2.26. The minimum atomic E-state index is -3.88. The molecule has 11 nitrogen and oxygen atoms in total. The fraction of sp³-hybridized carbons (Fsp3) is 0.222. The number of hydrogen-bond acceptors (Lipinski definition) is 7. The summed E-state index contributed by atoms with van der Waals surface area (Å²) >= 11 is 0. The van der Waals surface area contributed by atoms with Crippen LogP contribution in [0.4, 0.5) is 5.69 Å². The van der Waals surface area contributed by atoms with Gasteiger partial charge in [0.15, 0.2) is 0 Å². The van der Waals surface area contributed by atoms with Gasteiger partial charge in [-0.05, 0) is 62.8 Å². The Balaban J connectivity index is 1.51. The van der Waals surface area contributed by atoms with Crippen molar-refractivity contribution in [2.75, 3.05) is 11.9 Å². The van der Waals surface area contributed by atoms with E-state index in [0.717, 1.165) is 16.8 Å². The van der Waals surface area contributed by atoms with Gasteiger partial charge in [0.2, 0.25) is 15.9 Å². The van der Waals surface area contributed by atoms with Crippen LogP contribution < -0.4 is 20.5 Å². The molecule has 0 bridgehead atoms. The van der Waals surface area contributed by atoms with Gasteiger partial charge in [-0.2, -0.15) is 9.82 Å². The number of aromatic nitrogens is 2. The molecule has 1 unspecified atom stereocenters. The fourth-order valence-electron chi connectivity index (χ4n) is 3.96. The van der Waals surface area contributed by atoms with Crippen molar-refractivity contribution in [3.8, 4) is 5.75 Å². The molecule has 12 heteroatoms. The van der Waals surface area contributed by atoms with Gasteiger partial charge >= 0.3 is 0 Å². The highest BCUT2D eigenvalue weighted by atomic mass is 32.2. The average Bonchev–Trinajstić information content (AvgIpc) is 3.20. The van der Waals surface area contributed by atoms with E-state index in [9.17, 15) is 18.0 Å².